The first kappa shape index (κ1) is 24.2. The third-order valence-corrected chi connectivity index (χ3v) is 7.97. The Morgan fingerprint density at radius 3 is 2.11 bits per heavy atom. The molecule has 3 aromatic carbocycles. The summed E-state index contributed by atoms with van der Waals surface area (Å²) in [5.41, 5.74) is 3.31. The molecule has 0 saturated carbocycles. The summed E-state index contributed by atoms with van der Waals surface area (Å²) in [6.45, 7) is 1.87. The summed E-state index contributed by atoms with van der Waals surface area (Å²) in [7, 11) is 0. The van der Waals surface area contributed by atoms with Crippen molar-refractivity contribution in [2.24, 2.45) is 5.92 Å². The van der Waals surface area contributed by atoms with Gasteiger partial charge in [-0.15, -0.1) is 0 Å². The highest BCUT2D eigenvalue weighted by Gasteiger charge is 2.32. The zero-order valence-corrected chi connectivity index (χ0v) is 21.2. The molecule has 6 heteroatoms. The second-order valence-corrected chi connectivity index (χ2v) is 10.3. The largest absolute Gasteiger partial charge is 0.343 e. The Morgan fingerprint density at radius 1 is 0.833 bits per heavy atom. The lowest BCUT2D eigenvalue weighted by Gasteiger charge is -2.33. The standard InChI is InChI=1S/C30H31N3O2S/c34-28(16-15-23-9-3-1-4-10-23)32-20-18-25(19-21-32)29(35)33(22-17-24-11-5-2-6-12-24)30-31-26-13-7-8-14-27(26)36-30/h1-14,25H,15-22H2. The van der Waals surface area contributed by atoms with Crippen molar-refractivity contribution in [1.29, 1.82) is 0 Å². The summed E-state index contributed by atoms with van der Waals surface area (Å²) in [4.78, 5) is 35.2. The van der Waals surface area contributed by atoms with Crippen LogP contribution in [-0.2, 0) is 22.4 Å². The van der Waals surface area contributed by atoms with Crippen molar-refractivity contribution in [3.63, 3.8) is 0 Å². The molecule has 1 aliphatic rings. The lowest BCUT2D eigenvalue weighted by molar-refractivity contribution is -0.134. The van der Waals surface area contributed by atoms with Crippen LogP contribution in [0.1, 0.15) is 30.4 Å². The summed E-state index contributed by atoms with van der Waals surface area (Å²) in [6.07, 6.45) is 3.44. The first-order valence-corrected chi connectivity index (χ1v) is 13.5. The fourth-order valence-electron chi connectivity index (χ4n) is 4.81. The van der Waals surface area contributed by atoms with Gasteiger partial charge in [0.1, 0.15) is 0 Å². The van der Waals surface area contributed by atoms with E-state index in [2.05, 4.69) is 30.3 Å². The van der Waals surface area contributed by atoms with Gasteiger partial charge in [0.15, 0.2) is 5.13 Å². The molecule has 1 aromatic heterocycles. The van der Waals surface area contributed by atoms with Crippen LogP contribution in [0.15, 0.2) is 84.9 Å². The molecule has 0 atom stereocenters. The Kier molecular flexibility index (Phi) is 7.72. The predicted octanol–water partition coefficient (Wildman–Crippen LogP) is 5.74. The lowest BCUT2D eigenvalue weighted by Crippen LogP contribution is -2.45. The minimum atomic E-state index is -0.0917. The van der Waals surface area contributed by atoms with Crippen molar-refractivity contribution in [1.82, 2.24) is 9.88 Å². The molecule has 184 valence electrons. The first-order chi connectivity index (χ1) is 17.7. The molecule has 0 bridgehead atoms. The molecule has 2 amide bonds. The van der Waals surface area contributed by atoms with Gasteiger partial charge in [0, 0.05) is 32.0 Å². The van der Waals surface area contributed by atoms with E-state index in [1.807, 2.05) is 64.4 Å². The molecule has 36 heavy (non-hydrogen) atoms. The van der Waals surface area contributed by atoms with E-state index < -0.39 is 0 Å². The number of fused-ring (bicyclic) bond motifs is 1. The Hall–Kier alpha value is -3.51. The van der Waals surface area contributed by atoms with Gasteiger partial charge in [-0.2, -0.15) is 0 Å². The van der Waals surface area contributed by atoms with Crippen LogP contribution in [0, 0.1) is 5.92 Å². The minimum Gasteiger partial charge on any atom is -0.343 e. The minimum absolute atomic E-state index is 0.0917. The van der Waals surface area contributed by atoms with E-state index in [0.29, 0.717) is 38.9 Å². The maximum Gasteiger partial charge on any atom is 0.232 e. The third-order valence-electron chi connectivity index (χ3n) is 6.91. The third kappa shape index (κ3) is 5.82. The van der Waals surface area contributed by atoms with Crippen molar-refractivity contribution < 1.29 is 9.59 Å². The van der Waals surface area contributed by atoms with Crippen LogP contribution in [0.5, 0.6) is 0 Å². The van der Waals surface area contributed by atoms with E-state index in [0.717, 1.165) is 28.2 Å². The van der Waals surface area contributed by atoms with Crippen molar-refractivity contribution in [2.75, 3.05) is 24.5 Å². The lowest BCUT2D eigenvalue weighted by atomic mass is 9.94. The molecule has 0 N–H and O–H groups in total. The average Bonchev–Trinajstić information content (AvgIpc) is 3.37. The molecule has 0 unspecified atom stereocenters. The number of hydrogen-bond donors (Lipinski definition) is 0. The number of anilines is 1. The second kappa shape index (κ2) is 11.5. The van der Waals surface area contributed by atoms with Crippen LogP contribution in [-0.4, -0.2) is 41.3 Å². The average molecular weight is 498 g/mol. The van der Waals surface area contributed by atoms with E-state index in [1.165, 1.54) is 11.1 Å². The van der Waals surface area contributed by atoms with Crippen LogP contribution in [0.3, 0.4) is 0 Å². The number of likely N-dealkylation sites (tertiary alicyclic amines) is 1. The van der Waals surface area contributed by atoms with Gasteiger partial charge in [0.2, 0.25) is 11.8 Å². The molecule has 1 saturated heterocycles. The number of aromatic nitrogens is 1. The van der Waals surface area contributed by atoms with E-state index >= 15 is 0 Å². The van der Waals surface area contributed by atoms with E-state index in [9.17, 15) is 9.59 Å². The molecule has 1 fully saturated rings. The molecular weight excluding hydrogens is 466 g/mol. The second-order valence-electron chi connectivity index (χ2n) is 9.33. The number of benzene rings is 3. The molecule has 0 radical (unpaired) electrons. The fourth-order valence-corrected chi connectivity index (χ4v) is 5.81. The Balaban J connectivity index is 1.24. The van der Waals surface area contributed by atoms with Crippen LogP contribution in [0.4, 0.5) is 5.13 Å². The quantitative estimate of drug-likeness (QED) is 0.312. The highest BCUT2D eigenvalue weighted by Crippen LogP contribution is 2.31. The van der Waals surface area contributed by atoms with Gasteiger partial charge in [-0.05, 0) is 48.9 Å². The summed E-state index contributed by atoms with van der Waals surface area (Å²) in [5.74, 6) is 0.212. The Morgan fingerprint density at radius 2 is 1.44 bits per heavy atom. The van der Waals surface area contributed by atoms with Gasteiger partial charge in [-0.1, -0.05) is 84.1 Å². The van der Waals surface area contributed by atoms with E-state index in [1.54, 1.807) is 11.3 Å². The van der Waals surface area contributed by atoms with Gasteiger partial charge < -0.3 is 4.90 Å². The van der Waals surface area contributed by atoms with E-state index in [-0.39, 0.29) is 17.7 Å². The number of thiazole rings is 1. The number of hydrogen-bond acceptors (Lipinski definition) is 4. The van der Waals surface area contributed by atoms with Crippen LogP contribution in [0.25, 0.3) is 10.2 Å². The molecule has 0 aliphatic carbocycles. The highest BCUT2D eigenvalue weighted by molar-refractivity contribution is 7.22. The monoisotopic (exact) mass is 497 g/mol. The predicted molar refractivity (Wildman–Crippen MR) is 146 cm³/mol. The Labute approximate surface area is 216 Å². The number of rotatable bonds is 8. The highest BCUT2D eigenvalue weighted by atomic mass is 32.1. The van der Waals surface area contributed by atoms with Gasteiger partial charge in [-0.3, -0.25) is 14.5 Å². The number of carbonyl (C=O) groups excluding carboxylic acids is 2. The topological polar surface area (TPSA) is 53.5 Å². The molecule has 5 rings (SSSR count). The number of para-hydroxylation sites is 1. The van der Waals surface area contributed by atoms with Crippen LogP contribution < -0.4 is 4.90 Å². The maximum absolute atomic E-state index is 13.8. The van der Waals surface area contributed by atoms with Crippen molar-refractivity contribution in [2.45, 2.75) is 32.1 Å². The van der Waals surface area contributed by atoms with Crippen molar-refractivity contribution in [3.8, 4) is 0 Å². The first-order valence-electron chi connectivity index (χ1n) is 12.7. The number of piperidine rings is 1. The molecule has 5 nitrogen and oxygen atoms in total. The normalized spacial score (nSPS) is 14.2. The fraction of sp³-hybridized carbons (Fsp3) is 0.300. The van der Waals surface area contributed by atoms with Gasteiger partial charge in [0.25, 0.3) is 0 Å². The van der Waals surface area contributed by atoms with Crippen molar-refractivity contribution in [3.05, 3.63) is 96.1 Å². The Bertz CT molecular complexity index is 1260. The maximum atomic E-state index is 13.8. The molecule has 0 spiro atoms. The van der Waals surface area contributed by atoms with Crippen LogP contribution >= 0.6 is 11.3 Å². The molecule has 1 aliphatic heterocycles. The van der Waals surface area contributed by atoms with Gasteiger partial charge in [0.05, 0.1) is 10.2 Å². The number of aryl methyl sites for hydroxylation is 1. The number of carbonyl (C=O) groups is 2. The van der Waals surface area contributed by atoms with Gasteiger partial charge in [-0.25, -0.2) is 4.98 Å². The van der Waals surface area contributed by atoms with Crippen molar-refractivity contribution >= 4 is 38.5 Å². The van der Waals surface area contributed by atoms with Gasteiger partial charge >= 0.3 is 0 Å². The molecule has 4 aromatic rings. The summed E-state index contributed by atoms with van der Waals surface area (Å²) >= 11 is 1.57. The smallest absolute Gasteiger partial charge is 0.232 e. The van der Waals surface area contributed by atoms with E-state index in [4.69, 9.17) is 4.98 Å². The van der Waals surface area contributed by atoms with Crippen LogP contribution in [0.2, 0.25) is 0 Å². The zero-order chi connectivity index (χ0) is 24.7. The number of amides is 2. The zero-order valence-electron chi connectivity index (χ0n) is 20.4. The molecular formula is C30H31N3O2S. The SMILES string of the molecule is O=C(CCc1ccccc1)N1CCC(C(=O)N(CCc2ccccc2)c2nc3ccccc3s2)CC1. The summed E-state index contributed by atoms with van der Waals surface area (Å²) in [5, 5.41) is 0.762. The summed E-state index contributed by atoms with van der Waals surface area (Å²) in [6, 6.07) is 28.4. The number of nitrogens with zero attached hydrogens (tertiary/aromatic N) is 3. The summed E-state index contributed by atoms with van der Waals surface area (Å²) < 4.78 is 1.09. The molecule has 2 heterocycles.